The molecule has 6 aromatic rings. The molecule has 0 spiro atoms. The third kappa shape index (κ3) is 16.5. The summed E-state index contributed by atoms with van der Waals surface area (Å²) in [5, 5.41) is 5.61. The van der Waals surface area contributed by atoms with Gasteiger partial charge in [0.25, 0.3) is 11.8 Å². The van der Waals surface area contributed by atoms with E-state index in [-0.39, 0.29) is 73.6 Å². The van der Waals surface area contributed by atoms with Crippen LogP contribution in [0, 0.1) is 0 Å². The molecule has 352 valence electrons. The van der Waals surface area contributed by atoms with Crippen LogP contribution in [0.3, 0.4) is 0 Å². The number of nitrogens with one attached hydrogen (secondary N) is 2. The monoisotopic (exact) mass is 930 g/mol. The van der Waals surface area contributed by atoms with Crippen LogP contribution in [0.5, 0.6) is 34.5 Å². The van der Waals surface area contributed by atoms with E-state index in [4.69, 9.17) is 18.9 Å². The second-order valence-corrected chi connectivity index (χ2v) is 15.1. The molecule has 0 radical (unpaired) electrons. The molecule has 0 aromatic heterocycles. The molecular weight excluding hydrogens is 883 g/mol. The van der Waals surface area contributed by atoms with Gasteiger partial charge in [-0.2, -0.15) is 0 Å². The molecule has 0 bridgehead atoms. The number of unbranched alkanes of at least 4 members (excludes halogenated alkanes) is 4. The van der Waals surface area contributed by atoms with Crippen molar-refractivity contribution in [2.75, 3.05) is 13.1 Å². The highest BCUT2D eigenvalue weighted by Gasteiger charge is 2.36. The van der Waals surface area contributed by atoms with Crippen molar-refractivity contribution in [2.24, 2.45) is 0 Å². The molecule has 0 aliphatic carbocycles. The van der Waals surface area contributed by atoms with Gasteiger partial charge in [-0.15, -0.1) is 26.3 Å². The van der Waals surface area contributed by atoms with Gasteiger partial charge in [-0.05, 0) is 59.4 Å². The molecule has 10 nitrogen and oxygen atoms in total. The van der Waals surface area contributed by atoms with Crippen LogP contribution in [-0.4, -0.2) is 37.6 Å². The van der Waals surface area contributed by atoms with Gasteiger partial charge < -0.3 is 39.1 Å². The second kappa shape index (κ2) is 24.2. The summed E-state index contributed by atoms with van der Waals surface area (Å²) >= 11 is 0. The quantitative estimate of drug-likeness (QED) is 0.0456. The maximum absolute atomic E-state index is 13.7. The highest BCUT2D eigenvalue weighted by atomic mass is 19.4. The van der Waals surface area contributed by atoms with Crippen molar-refractivity contribution in [2.45, 2.75) is 71.3 Å². The normalized spacial score (nSPS) is 11.3. The Balaban J connectivity index is 1.03. The van der Waals surface area contributed by atoms with Crippen LogP contribution in [0.25, 0.3) is 0 Å². The molecule has 0 aliphatic heterocycles. The van der Waals surface area contributed by atoms with Crippen molar-refractivity contribution < 1.29 is 64.4 Å². The number of amides is 2. The molecule has 0 unspecified atom stereocenters. The summed E-state index contributed by atoms with van der Waals surface area (Å²) in [5.74, 6) is -3.86. The van der Waals surface area contributed by atoms with Crippen molar-refractivity contribution in [1.29, 1.82) is 0 Å². The van der Waals surface area contributed by atoms with E-state index < -0.39 is 36.0 Å². The lowest BCUT2D eigenvalue weighted by molar-refractivity contribution is -0.276. The number of carbonyl (C=O) groups is 2. The topological polar surface area (TPSA) is 114 Å². The van der Waals surface area contributed by atoms with Gasteiger partial charge in [0, 0.05) is 24.2 Å². The number of hydrogen-bond donors (Lipinski definition) is 2. The zero-order valence-electron chi connectivity index (χ0n) is 36.2. The minimum Gasteiger partial charge on any atom is -0.485 e. The summed E-state index contributed by atoms with van der Waals surface area (Å²) in [6, 6.07) is 39.9. The number of halogens is 6. The van der Waals surface area contributed by atoms with E-state index in [1.807, 2.05) is 0 Å². The highest BCUT2D eigenvalue weighted by molar-refractivity contribution is 5.96. The predicted molar refractivity (Wildman–Crippen MR) is 237 cm³/mol. The fourth-order valence-electron chi connectivity index (χ4n) is 6.61. The Bertz CT molecular complexity index is 2170. The zero-order valence-corrected chi connectivity index (χ0v) is 36.2. The molecule has 0 saturated heterocycles. The molecule has 6 rings (SSSR count). The molecule has 0 atom stereocenters. The first-order valence-electron chi connectivity index (χ1n) is 21.4. The zero-order chi connectivity index (χ0) is 47.5. The first-order chi connectivity index (χ1) is 32.3. The fraction of sp³-hybridized carbons (Fsp3) is 0.255. The lowest BCUT2D eigenvalue weighted by Crippen LogP contribution is -2.25. The van der Waals surface area contributed by atoms with E-state index >= 15 is 0 Å². The first-order valence-corrected chi connectivity index (χ1v) is 21.4. The van der Waals surface area contributed by atoms with E-state index in [0.29, 0.717) is 47.9 Å². The number of rotatable bonds is 24. The largest absolute Gasteiger partial charge is 0.573 e. The van der Waals surface area contributed by atoms with Crippen LogP contribution >= 0.6 is 0 Å². The summed E-state index contributed by atoms with van der Waals surface area (Å²) < 4.78 is 114. The lowest BCUT2D eigenvalue weighted by atomic mass is 10.1. The van der Waals surface area contributed by atoms with Gasteiger partial charge in [0.1, 0.15) is 26.4 Å². The van der Waals surface area contributed by atoms with Gasteiger partial charge in [0.05, 0.1) is 0 Å². The molecule has 6 aromatic carbocycles. The lowest BCUT2D eigenvalue weighted by Gasteiger charge is -2.19. The Morgan fingerprint density at radius 2 is 0.642 bits per heavy atom. The Hall–Kier alpha value is -7.36. The van der Waals surface area contributed by atoms with E-state index in [2.05, 4.69) is 20.1 Å². The Labute approximate surface area is 383 Å². The van der Waals surface area contributed by atoms with Gasteiger partial charge in [0.15, 0.2) is 23.0 Å². The average Bonchev–Trinajstić information content (AvgIpc) is 3.32. The highest BCUT2D eigenvalue weighted by Crippen LogP contribution is 2.44. The summed E-state index contributed by atoms with van der Waals surface area (Å²) in [5.41, 5.74) is 2.71. The van der Waals surface area contributed by atoms with Crippen molar-refractivity contribution in [3.05, 3.63) is 179 Å². The third-order valence-electron chi connectivity index (χ3n) is 9.87. The molecule has 0 aliphatic rings. The molecule has 0 fully saturated rings. The Morgan fingerprint density at radius 3 is 0.896 bits per heavy atom. The minimum absolute atomic E-state index is 0.00339. The first kappa shape index (κ1) is 49.1. The summed E-state index contributed by atoms with van der Waals surface area (Å²) in [7, 11) is 0. The van der Waals surface area contributed by atoms with Crippen LogP contribution < -0.4 is 39.1 Å². The van der Waals surface area contributed by atoms with E-state index in [1.165, 1.54) is 24.3 Å². The fourth-order valence-corrected chi connectivity index (χ4v) is 6.61. The van der Waals surface area contributed by atoms with Crippen LogP contribution in [-0.2, 0) is 26.4 Å². The van der Waals surface area contributed by atoms with Gasteiger partial charge in [0.2, 0.25) is 11.5 Å². The van der Waals surface area contributed by atoms with Crippen LogP contribution in [0.4, 0.5) is 26.3 Å². The average molecular weight is 931 g/mol. The van der Waals surface area contributed by atoms with E-state index in [9.17, 15) is 35.9 Å². The maximum atomic E-state index is 13.7. The predicted octanol–water partition coefficient (Wildman–Crippen LogP) is 11.9. The van der Waals surface area contributed by atoms with Gasteiger partial charge in [-0.3, -0.25) is 9.59 Å². The third-order valence-corrected chi connectivity index (χ3v) is 9.87. The SMILES string of the molecule is O=C(NCCCCCCCNC(=O)c1cc(OCc2ccccc2)c(OC(F)(F)F)c(OCc2ccccc2)c1)c1cc(OCc2ccccc2)c(OC(F)(F)F)c(OCc2ccccc2)c1. The van der Waals surface area contributed by atoms with Crippen LogP contribution in [0.15, 0.2) is 146 Å². The second-order valence-electron chi connectivity index (χ2n) is 15.1. The molecular formula is C51H48F6N2O8. The number of hydrogen-bond acceptors (Lipinski definition) is 8. The minimum atomic E-state index is -5.08. The molecule has 0 saturated carbocycles. The van der Waals surface area contributed by atoms with E-state index in [0.717, 1.165) is 6.42 Å². The van der Waals surface area contributed by atoms with Gasteiger partial charge in [-0.1, -0.05) is 141 Å². The number of carbonyl (C=O) groups excluding carboxylic acids is 2. The van der Waals surface area contributed by atoms with Gasteiger partial charge in [-0.25, -0.2) is 0 Å². The molecule has 2 amide bonds. The van der Waals surface area contributed by atoms with Crippen molar-refractivity contribution in [3.63, 3.8) is 0 Å². The van der Waals surface area contributed by atoms with Gasteiger partial charge >= 0.3 is 12.7 Å². The number of ether oxygens (including phenoxy) is 6. The maximum Gasteiger partial charge on any atom is 0.573 e. The standard InChI is InChI=1S/C51H48F6N2O8/c52-50(53,54)66-46-42(62-32-36-18-8-4-9-19-36)28-40(29-43(46)63-33-37-20-10-5-11-21-37)48(60)58-26-16-2-1-3-17-27-59-49(61)41-30-44(64-34-38-22-12-6-13-23-38)47(67-51(55,56)57)45(31-41)65-35-39-24-14-7-15-25-39/h4-15,18-25,28-31H,1-3,16-17,26-27,32-35H2,(H,58,60)(H,59,61). The number of benzene rings is 6. The Kier molecular flexibility index (Phi) is 17.8. The molecule has 67 heavy (non-hydrogen) atoms. The Morgan fingerprint density at radius 1 is 0.388 bits per heavy atom. The summed E-state index contributed by atoms with van der Waals surface area (Å²) in [4.78, 5) is 26.8. The van der Waals surface area contributed by atoms with Crippen LogP contribution in [0.1, 0.15) is 75.1 Å². The number of alkyl halides is 6. The molecule has 2 N–H and O–H groups in total. The van der Waals surface area contributed by atoms with Crippen LogP contribution in [0.2, 0.25) is 0 Å². The molecule has 0 heterocycles. The smallest absolute Gasteiger partial charge is 0.485 e. The van der Waals surface area contributed by atoms with E-state index in [1.54, 1.807) is 121 Å². The van der Waals surface area contributed by atoms with Crippen molar-refractivity contribution >= 4 is 11.8 Å². The molecule has 16 heteroatoms. The summed E-state index contributed by atoms with van der Waals surface area (Å²) in [6.45, 7) is 0.0956. The van der Waals surface area contributed by atoms with Crippen molar-refractivity contribution in [1.82, 2.24) is 10.6 Å². The summed E-state index contributed by atoms with van der Waals surface area (Å²) in [6.07, 6.45) is -6.87. The van der Waals surface area contributed by atoms with Crippen molar-refractivity contribution in [3.8, 4) is 34.5 Å².